The summed E-state index contributed by atoms with van der Waals surface area (Å²) in [4.78, 5) is 24.4. The number of aryl methyl sites for hydroxylation is 1. The molecule has 6 nitrogen and oxygen atoms in total. The summed E-state index contributed by atoms with van der Waals surface area (Å²) >= 11 is 0. The number of aromatic nitrogens is 2. The molecule has 0 radical (unpaired) electrons. The number of aromatic amines is 1. The molecule has 0 unspecified atom stereocenters. The third kappa shape index (κ3) is 4.32. The number of carbonyl (C=O) groups is 1. The van der Waals surface area contributed by atoms with E-state index in [0.29, 0.717) is 16.9 Å². The highest BCUT2D eigenvalue weighted by Crippen LogP contribution is 2.24. The number of benzene rings is 2. The molecular formula is C23H24N4O2. The van der Waals surface area contributed by atoms with Crippen LogP contribution >= 0.6 is 0 Å². The molecule has 0 saturated heterocycles. The molecule has 2 aromatic carbocycles. The monoisotopic (exact) mass is 388 g/mol. The summed E-state index contributed by atoms with van der Waals surface area (Å²) in [5, 5.41) is 11.3. The van der Waals surface area contributed by atoms with Crippen molar-refractivity contribution in [2.45, 2.75) is 33.1 Å². The molecule has 29 heavy (non-hydrogen) atoms. The number of nitrogens with zero attached hydrogens (tertiary/aromatic N) is 3. The highest BCUT2D eigenvalue weighted by Gasteiger charge is 2.15. The molecule has 0 aliphatic heterocycles. The minimum Gasteiger partial charge on any atom is -0.293 e. The molecule has 3 aromatic rings. The zero-order valence-electron chi connectivity index (χ0n) is 17.1. The van der Waals surface area contributed by atoms with Gasteiger partial charge in [0.25, 0.3) is 5.56 Å². The van der Waals surface area contributed by atoms with Gasteiger partial charge in [-0.15, -0.1) is 5.11 Å². The maximum atomic E-state index is 12.8. The van der Waals surface area contributed by atoms with Crippen molar-refractivity contribution < 1.29 is 4.79 Å². The number of hydrogen-bond acceptors (Lipinski definition) is 4. The van der Waals surface area contributed by atoms with Crippen LogP contribution in [0.4, 0.5) is 11.4 Å². The first-order valence-corrected chi connectivity index (χ1v) is 9.32. The van der Waals surface area contributed by atoms with Gasteiger partial charge in [0.2, 0.25) is 0 Å². The number of carbonyl (C=O) groups excluding carboxylic acids is 1. The number of ketones is 1. The van der Waals surface area contributed by atoms with Gasteiger partial charge in [0.1, 0.15) is 0 Å². The van der Waals surface area contributed by atoms with E-state index >= 15 is 0 Å². The Hall–Kier alpha value is -3.54. The molecule has 1 N–H and O–H groups in total. The summed E-state index contributed by atoms with van der Waals surface area (Å²) in [6.07, 6.45) is 1.26. The fourth-order valence-corrected chi connectivity index (χ4v) is 2.87. The van der Waals surface area contributed by atoms with Crippen LogP contribution in [0.25, 0.3) is 5.69 Å². The average molecular weight is 388 g/mol. The molecule has 0 atom stereocenters. The van der Waals surface area contributed by atoms with Crippen LogP contribution in [0.5, 0.6) is 0 Å². The van der Waals surface area contributed by atoms with Crippen molar-refractivity contribution in [2.24, 2.45) is 10.2 Å². The van der Waals surface area contributed by atoms with Gasteiger partial charge in [-0.3, -0.25) is 14.7 Å². The minimum absolute atomic E-state index is 0.0420. The molecule has 0 amide bonds. The van der Waals surface area contributed by atoms with Crippen molar-refractivity contribution in [3.8, 4) is 5.69 Å². The van der Waals surface area contributed by atoms with E-state index < -0.39 is 0 Å². The first-order chi connectivity index (χ1) is 13.7. The SMILES string of the molecule is C=CC(=O)c1ccc(/N=N/c2c(C)[nH]n(-c3ccc(C(C)(C)C)cc3)c2=O)cc1. The van der Waals surface area contributed by atoms with Gasteiger partial charge in [-0.25, -0.2) is 4.68 Å². The van der Waals surface area contributed by atoms with E-state index in [9.17, 15) is 9.59 Å². The van der Waals surface area contributed by atoms with Crippen LogP contribution in [-0.4, -0.2) is 15.6 Å². The Labute approximate surface area is 169 Å². The number of azo groups is 1. The minimum atomic E-state index is -0.270. The van der Waals surface area contributed by atoms with E-state index in [1.54, 1.807) is 31.2 Å². The van der Waals surface area contributed by atoms with E-state index in [1.807, 2.05) is 24.3 Å². The second-order valence-electron chi connectivity index (χ2n) is 7.84. The standard InChI is InChI=1S/C23H24N4O2/c1-6-20(28)16-7-11-18(12-8-16)24-25-21-15(2)26-27(22(21)29)19-13-9-17(10-14-19)23(3,4)5/h6-14,26H,1H2,2-5H3/b25-24+. The summed E-state index contributed by atoms with van der Waals surface area (Å²) in [7, 11) is 0. The van der Waals surface area contributed by atoms with Crippen molar-refractivity contribution in [3.63, 3.8) is 0 Å². The Morgan fingerprint density at radius 3 is 2.21 bits per heavy atom. The Balaban J connectivity index is 1.88. The van der Waals surface area contributed by atoms with Crippen molar-refractivity contribution in [2.75, 3.05) is 0 Å². The second kappa shape index (κ2) is 7.83. The van der Waals surface area contributed by atoms with Gasteiger partial charge >= 0.3 is 0 Å². The lowest BCUT2D eigenvalue weighted by molar-refractivity contribution is 0.104. The molecule has 1 heterocycles. The third-order valence-electron chi connectivity index (χ3n) is 4.63. The summed E-state index contributed by atoms with van der Waals surface area (Å²) in [6, 6.07) is 14.5. The maximum absolute atomic E-state index is 12.8. The summed E-state index contributed by atoms with van der Waals surface area (Å²) in [5.41, 5.74) is 3.64. The van der Waals surface area contributed by atoms with Gasteiger partial charge in [0, 0.05) is 5.56 Å². The lowest BCUT2D eigenvalue weighted by Gasteiger charge is -2.19. The van der Waals surface area contributed by atoms with E-state index in [-0.39, 0.29) is 22.4 Å². The van der Waals surface area contributed by atoms with Crippen LogP contribution in [0.3, 0.4) is 0 Å². The summed E-state index contributed by atoms with van der Waals surface area (Å²) in [6.45, 7) is 11.7. The van der Waals surface area contributed by atoms with Crippen LogP contribution in [0.1, 0.15) is 42.4 Å². The molecule has 1 aromatic heterocycles. The number of rotatable bonds is 5. The average Bonchev–Trinajstić information content (AvgIpc) is 2.99. The Bertz CT molecular complexity index is 1130. The molecule has 3 rings (SSSR count). The maximum Gasteiger partial charge on any atom is 0.299 e. The molecule has 0 aliphatic rings. The van der Waals surface area contributed by atoms with Crippen molar-refractivity contribution >= 4 is 17.2 Å². The van der Waals surface area contributed by atoms with Gasteiger partial charge in [-0.05, 0) is 60.4 Å². The quantitative estimate of drug-likeness (QED) is 0.353. The van der Waals surface area contributed by atoms with E-state index in [4.69, 9.17) is 0 Å². The Kier molecular flexibility index (Phi) is 5.46. The lowest BCUT2D eigenvalue weighted by atomic mass is 9.87. The highest BCUT2D eigenvalue weighted by atomic mass is 16.1. The zero-order valence-corrected chi connectivity index (χ0v) is 17.1. The number of nitrogens with one attached hydrogen (secondary N) is 1. The molecule has 148 valence electrons. The number of H-pyrrole nitrogens is 1. The van der Waals surface area contributed by atoms with E-state index in [2.05, 4.69) is 42.7 Å². The molecule has 0 bridgehead atoms. The zero-order chi connectivity index (χ0) is 21.2. The second-order valence-corrected chi connectivity index (χ2v) is 7.84. The Morgan fingerprint density at radius 2 is 1.66 bits per heavy atom. The molecule has 0 aliphatic carbocycles. The van der Waals surface area contributed by atoms with E-state index in [0.717, 1.165) is 5.69 Å². The van der Waals surface area contributed by atoms with Crippen molar-refractivity contribution in [1.82, 2.24) is 9.78 Å². The predicted octanol–water partition coefficient (Wildman–Crippen LogP) is 5.56. The van der Waals surface area contributed by atoms with Crippen LogP contribution in [0.2, 0.25) is 0 Å². The van der Waals surface area contributed by atoms with Crippen LogP contribution in [0.15, 0.2) is 76.2 Å². The van der Waals surface area contributed by atoms with Gasteiger partial charge < -0.3 is 0 Å². The first kappa shape index (κ1) is 20.2. The molecule has 0 saturated carbocycles. The number of hydrogen-bond donors (Lipinski definition) is 1. The van der Waals surface area contributed by atoms with Crippen LogP contribution in [0, 0.1) is 6.92 Å². The fraction of sp³-hybridized carbons (Fsp3) is 0.217. The predicted molar refractivity (Wildman–Crippen MR) is 115 cm³/mol. The molecular weight excluding hydrogens is 364 g/mol. The van der Waals surface area contributed by atoms with Gasteiger partial charge in [-0.1, -0.05) is 39.5 Å². The van der Waals surface area contributed by atoms with Gasteiger partial charge in [-0.2, -0.15) is 5.11 Å². The smallest absolute Gasteiger partial charge is 0.293 e. The van der Waals surface area contributed by atoms with Crippen LogP contribution in [-0.2, 0) is 5.41 Å². The van der Waals surface area contributed by atoms with Gasteiger partial charge in [0.15, 0.2) is 11.5 Å². The summed E-state index contributed by atoms with van der Waals surface area (Å²) < 4.78 is 1.46. The first-order valence-electron chi connectivity index (χ1n) is 9.32. The lowest BCUT2D eigenvalue weighted by Crippen LogP contribution is -2.15. The molecule has 0 fully saturated rings. The van der Waals surface area contributed by atoms with Crippen molar-refractivity contribution in [1.29, 1.82) is 0 Å². The van der Waals surface area contributed by atoms with Gasteiger partial charge in [0.05, 0.1) is 17.1 Å². The molecule has 6 heteroatoms. The van der Waals surface area contributed by atoms with E-state index in [1.165, 1.54) is 16.3 Å². The van der Waals surface area contributed by atoms with Crippen LogP contribution < -0.4 is 5.56 Å². The Morgan fingerprint density at radius 1 is 1.03 bits per heavy atom. The topological polar surface area (TPSA) is 79.6 Å². The van der Waals surface area contributed by atoms with Crippen molar-refractivity contribution in [3.05, 3.63) is 88.4 Å². The largest absolute Gasteiger partial charge is 0.299 e. The normalized spacial score (nSPS) is 11.7. The third-order valence-corrected chi connectivity index (χ3v) is 4.63. The summed E-state index contributed by atoms with van der Waals surface area (Å²) in [5.74, 6) is -0.157. The molecule has 0 spiro atoms. The number of allylic oxidation sites excluding steroid dienone is 1. The highest BCUT2D eigenvalue weighted by molar-refractivity contribution is 6.04. The fourth-order valence-electron chi connectivity index (χ4n) is 2.87.